The fourth-order valence-electron chi connectivity index (χ4n) is 0. The first-order valence-electron chi connectivity index (χ1n) is 0.908. The molecule has 0 bridgehead atoms. The molecule has 0 aromatic rings. The van der Waals surface area contributed by atoms with Crippen molar-refractivity contribution in [1.29, 1.82) is 0 Å². The second-order valence-corrected chi connectivity index (χ2v) is 0.492. The molecular formula is C2H4CaO2. The van der Waals surface area contributed by atoms with E-state index in [1.54, 1.807) is 0 Å². The number of carbonyl (C=O) groups excluding carboxylic acids is 1. The van der Waals surface area contributed by atoms with Crippen molar-refractivity contribution in [3.05, 3.63) is 0 Å². The van der Waals surface area contributed by atoms with Crippen molar-refractivity contribution in [3.8, 4) is 0 Å². The molecule has 0 aliphatic carbocycles. The predicted molar refractivity (Wildman–Crippen MR) is 17.5 cm³/mol. The molecule has 0 amide bonds. The maximum absolute atomic E-state index is 8.89. The second kappa shape index (κ2) is 4.73. The average Bonchev–Trinajstić information content (AvgIpc) is 0.811. The van der Waals surface area contributed by atoms with Crippen LogP contribution in [0.1, 0.15) is 8.35 Å². The van der Waals surface area contributed by atoms with Crippen LogP contribution in [0.2, 0.25) is 0 Å². The topological polar surface area (TPSA) is 40.1 Å². The van der Waals surface area contributed by atoms with Gasteiger partial charge in [0.25, 0.3) is 0 Å². The van der Waals surface area contributed by atoms with E-state index in [0.29, 0.717) is 0 Å². The molecule has 2 nitrogen and oxygen atoms in total. The molecule has 0 radical (unpaired) electrons. The molecule has 5 heavy (non-hydrogen) atoms. The Bertz CT molecular complexity index is 34.5. The van der Waals surface area contributed by atoms with Crippen LogP contribution in [-0.4, -0.2) is 43.7 Å². The van der Waals surface area contributed by atoms with Gasteiger partial charge in [0.2, 0.25) is 0 Å². The fraction of sp³-hybridized carbons (Fsp3) is 0.500. The van der Waals surface area contributed by atoms with Crippen molar-refractivity contribution in [2.45, 2.75) is 6.92 Å². The Balaban J connectivity index is -0.0000000450. The van der Waals surface area contributed by atoms with Gasteiger partial charge < -0.3 is 11.3 Å². The fourth-order valence-corrected chi connectivity index (χ4v) is 0. The van der Waals surface area contributed by atoms with Gasteiger partial charge in [-0.3, -0.25) is 0 Å². The number of carbonyl (C=O) groups is 1. The van der Waals surface area contributed by atoms with Gasteiger partial charge in [-0.05, 0) is 6.92 Å². The summed E-state index contributed by atoms with van der Waals surface area (Å²) in [5.74, 6) is -1.08. The number of rotatable bonds is 0. The minimum absolute atomic E-state index is 0. The van der Waals surface area contributed by atoms with Crippen molar-refractivity contribution < 1.29 is 11.3 Å². The SMILES string of the molecule is CC(=O)[O-].[Ca+2].[H-]. The van der Waals surface area contributed by atoms with Crippen molar-refractivity contribution in [2.24, 2.45) is 0 Å². The third-order valence-electron chi connectivity index (χ3n) is 0. The molecule has 0 atom stereocenters. The van der Waals surface area contributed by atoms with Crippen LogP contribution in [0.15, 0.2) is 0 Å². The first-order chi connectivity index (χ1) is 1.73. The summed E-state index contributed by atoms with van der Waals surface area (Å²) in [5.41, 5.74) is 0. The van der Waals surface area contributed by atoms with Crippen molar-refractivity contribution in [2.75, 3.05) is 0 Å². The molecule has 0 fully saturated rings. The first kappa shape index (κ1) is 9.21. The van der Waals surface area contributed by atoms with Crippen LogP contribution < -0.4 is 5.11 Å². The number of hydrogen-bond donors (Lipinski definition) is 0. The van der Waals surface area contributed by atoms with E-state index in [-0.39, 0.29) is 39.2 Å². The van der Waals surface area contributed by atoms with E-state index in [4.69, 9.17) is 9.90 Å². The van der Waals surface area contributed by atoms with E-state index in [1.807, 2.05) is 0 Å². The molecule has 26 valence electrons. The van der Waals surface area contributed by atoms with Crippen LogP contribution in [-0.2, 0) is 4.79 Å². The normalized spacial score (nSPS) is 5.00. The van der Waals surface area contributed by atoms with E-state index >= 15 is 0 Å². The molecule has 0 spiro atoms. The number of carboxylic acid groups (broad SMARTS) is 1. The zero-order valence-corrected chi connectivity index (χ0v) is 5.23. The summed E-state index contributed by atoms with van der Waals surface area (Å²) in [5, 5.41) is 8.89. The molecule has 0 rings (SSSR count). The average molecular weight is 100 g/mol. The van der Waals surface area contributed by atoms with Gasteiger partial charge in [-0.1, -0.05) is 0 Å². The largest absolute Gasteiger partial charge is 2.00 e. The smallest absolute Gasteiger partial charge is 1.00 e. The van der Waals surface area contributed by atoms with Crippen LogP contribution in [0.25, 0.3) is 0 Å². The Morgan fingerprint density at radius 1 is 2.00 bits per heavy atom. The van der Waals surface area contributed by atoms with Gasteiger partial charge in [0.15, 0.2) is 0 Å². The Kier molecular flexibility index (Phi) is 8.72. The Labute approximate surface area is 61.7 Å². The van der Waals surface area contributed by atoms with Crippen molar-refractivity contribution >= 4 is 43.7 Å². The molecular weight excluding hydrogens is 96.1 g/mol. The van der Waals surface area contributed by atoms with E-state index in [2.05, 4.69) is 0 Å². The molecule has 0 saturated carbocycles. The maximum atomic E-state index is 8.89. The third-order valence-corrected chi connectivity index (χ3v) is 0. The minimum atomic E-state index is -1.08. The van der Waals surface area contributed by atoms with Crippen LogP contribution in [0.4, 0.5) is 0 Å². The molecule has 3 heteroatoms. The van der Waals surface area contributed by atoms with E-state index in [1.165, 1.54) is 0 Å². The summed E-state index contributed by atoms with van der Waals surface area (Å²) >= 11 is 0. The van der Waals surface area contributed by atoms with Gasteiger partial charge in [-0.2, -0.15) is 0 Å². The summed E-state index contributed by atoms with van der Waals surface area (Å²) in [7, 11) is 0. The Hall–Kier alpha value is 0.730. The monoisotopic (exact) mass is 100.0 g/mol. The van der Waals surface area contributed by atoms with Gasteiger partial charge in [-0.25, -0.2) is 0 Å². The van der Waals surface area contributed by atoms with Gasteiger partial charge in [0, 0.05) is 5.97 Å². The summed E-state index contributed by atoms with van der Waals surface area (Å²) < 4.78 is 0. The van der Waals surface area contributed by atoms with Crippen molar-refractivity contribution in [3.63, 3.8) is 0 Å². The zero-order chi connectivity index (χ0) is 3.58. The number of hydrogen-bond acceptors (Lipinski definition) is 2. The maximum Gasteiger partial charge on any atom is 2.00 e. The quantitative estimate of drug-likeness (QED) is 0.347. The van der Waals surface area contributed by atoms with Crippen LogP contribution in [0.3, 0.4) is 0 Å². The molecule has 0 unspecified atom stereocenters. The minimum Gasteiger partial charge on any atom is -1.00 e. The molecule has 0 aromatic heterocycles. The van der Waals surface area contributed by atoms with Crippen molar-refractivity contribution in [1.82, 2.24) is 0 Å². The first-order valence-corrected chi connectivity index (χ1v) is 0.908. The van der Waals surface area contributed by atoms with E-state index in [0.717, 1.165) is 6.92 Å². The van der Waals surface area contributed by atoms with Crippen LogP contribution in [0.5, 0.6) is 0 Å². The Morgan fingerprint density at radius 3 is 2.00 bits per heavy atom. The Morgan fingerprint density at radius 2 is 2.00 bits per heavy atom. The van der Waals surface area contributed by atoms with Crippen LogP contribution >= 0.6 is 0 Å². The molecule has 0 aromatic carbocycles. The molecule has 0 aliphatic heterocycles. The molecule has 0 heterocycles. The standard InChI is InChI=1S/C2H4O2.Ca.H/c1-2(3)4;;/h1H3,(H,3,4);;/q;+2;-1/p-1. The second-order valence-electron chi connectivity index (χ2n) is 0.492. The van der Waals surface area contributed by atoms with Crippen LogP contribution in [0, 0.1) is 0 Å². The molecule has 0 aliphatic rings. The predicted octanol–water partition coefficient (Wildman–Crippen LogP) is -1.51. The molecule has 0 saturated heterocycles. The van der Waals surface area contributed by atoms with Gasteiger partial charge >= 0.3 is 37.7 Å². The number of carboxylic acids is 1. The third kappa shape index (κ3) is 66.2. The van der Waals surface area contributed by atoms with E-state index in [9.17, 15) is 0 Å². The summed E-state index contributed by atoms with van der Waals surface area (Å²) in [4.78, 5) is 8.89. The number of aliphatic carboxylic acids is 1. The molecule has 0 N–H and O–H groups in total. The summed E-state index contributed by atoms with van der Waals surface area (Å²) in [6, 6.07) is 0. The van der Waals surface area contributed by atoms with Gasteiger partial charge in [0.05, 0.1) is 0 Å². The summed E-state index contributed by atoms with van der Waals surface area (Å²) in [6.45, 7) is 0.972. The summed E-state index contributed by atoms with van der Waals surface area (Å²) in [6.07, 6.45) is 0. The van der Waals surface area contributed by atoms with E-state index < -0.39 is 5.97 Å². The zero-order valence-electron chi connectivity index (χ0n) is 4.02. The van der Waals surface area contributed by atoms with Gasteiger partial charge in [-0.15, -0.1) is 0 Å². The van der Waals surface area contributed by atoms with Gasteiger partial charge in [0.1, 0.15) is 0 Å².